The quantitative estimate of drug-likeness (QED) is 0.774. The molecule has 4 nitrogen and oxygen atoms in total. The molecule has 1 aromatic rings. The lowest BCUT2D eigenvalue weighted by Gasteiger charge is -2.22. The van der Waals surface area contributed by atoms with Gasteiger partial charge in [0.15, 0.2) is 5.96 Å². The number of hydrogen-bond acceptors (Lipinski definition) is 4. The zero-order valence-corrected chi connectivity index (χ0v) is 9.90. The highest BCUT2D eigenvalue weighted by atomic mass is 15.3. The topological polar surface area (TPSA) is 65.5 Å². The van der Waals surface area contributed by atoms with Crippen LogP contribution in [0, 0.1) is 12.3 Å². The molecule has 0 atom stereocenters. The third-order valence-corrected chi connectivity index (χ3v) is 2.83. The first-order valence-electron chi connectivity index (χ1n) is 5.52. The second-order valence-electron chi connectivity index (χ2n) is 4.03. The van der Waals surface area contributed by atoms with Crippen molar-refractivity contribution in [3.63, 3.8) is 0 Å². The van der Waals surface area contributed by atoms with Crippen molar-refractivity contribution >= 4 is 23.9 Å². The van der Waals surface area contributed by atoms with Crippen LogP contribution in [0.2, 0.25) is 0 Å². The van der Waals surface area contributed by atoms with E-state index < -0.39 is 0 Å². The maximum Gasteiger partial charge on any atom is 0.195 e. The van der Waals surface area contributed by atoms with Gasteiger partial charge in [0.1, 0.15) is 0 Å². The fraction of sp³-hybridized carbons (Fsp3) is 0.231. The summed E-state index contributed by atoms with van der Waals surface area (Å²) >= 11 is 0. The number of guanidine groups is 1. The molecule has 0 aliphatic carbocycles. The van der Waals surface area contributed by atoms with Gasteiger partial charge in [-0.15, -0.1) is 0 Å². The first kappa shape index (κ1) is 11.4. The Hall–Kier alpha value is -2.10. The zero-order valence-electron chi connectivity index (χ0n) is 9.90. The van der Waals surface area contributed by atoms with Gasteiger partial charge in [-0.05, 0) is 30.2 Å². The first-order valence-corrected chi connectivity index (χ1v) is 5.52. The van der Waals surface area contributed by atoms with E-state index in [9.17, 15) is 0 Å². The number of nitrogens with zero attached hydrogens (tertiary/aromatic N) is 2. The van der Waals surface area contributed by atoms with Gasteiger partial charge in [-0.3, -0.25) is 4.99 Å². The Labute approximate surface area is 101 Å². The van der Waals surface area contributed by atoms with E-state index in [2.05, 4.69) is 11.6 Å². The van der Waals surface area contributed by atoms with Gasteiger partial charge in [0.05, 0.1) is 12.2 Å². The van der Waals surface area contributed by atoms with Gasteiger partial charge in [-0.25, -0.2) is 0 Å². The van der Waals surface area contributed by atoms with Gasteiger partial charge in [-0.1, -0.05) is 12.7 Å². The van der Waals surface area contributed by atoms with E-state index in [1.807, 2.05) is 24.0 Å². The summed E-state index contributed by atoms with van der Waals surface area (Å²) in [6.45, 7) is 7.29. The summed E-state index contributed by atoms with van der Waals surface area (Å²) in [5.74, 6) is 0.514. The second-order valence-corrected chi connectivity index (χ2v) is 4.03. The molecule has 0 saturated heterocycles. The van der Waals surface area contributed by atoms with E-state index in [-0.39, 0.29) is 0 Å². The second kappa shape index (κ2) is 4.41. The van der Waals surface area contributed by atoms with Crippen LogP contribution >= 0.6 is 0 Å². The van der Waals surface area contributed by atoms with Crippen LogP contribution in [0.15, 0.2) is 23.7 Å². The number of aliphatic imine (C=N–C) groups is 1. The number of rotatable bonds is 3. The lowest BCUT2D eigenvalue weighted by atomic mass is 10.0. The summed E-state index contributed by atoms with van der Waals surface area (Å²) in [5, 5.41) is 7.52. The fourth-order valence-corrected chi connectivity index (χ4v) is 2.10. The van der Waals surface area contributed by atoms with Gasteiger partial charge in [0.25, 0.3) is 0 Å². The average Bonchev–Trinajstić information content (AvgIpc) is 2.74. The zero-order chi connectivity index (χ0) is 12.4. The van der Waals surface area contributed by atoms with Gasteiger partial charge in [0, 0.05) is 18.3 Å². The largest absolute Gasteiger partial charge is 0.370 e. The molecule has 17 heavy (non-hydrogen) atoms. The van der Waals surface area contributed by atoms with E-state index in [4.69, 9.17) is 11.1 Å². The van der Waals surface area contributed by atoms with Crippen LogP contribution in [0.3, 0.4) is 0 Å². The Morgan fingerprint density at radius 1 is 1.47 bits per heavy atom. The van der Waals surface area contributed by atoms with E-state index in [0.29, 0.717) is 12.5 Å². The van der Waals surface area contributed by atoms with E-state index in [1.165, 1.54) is 6.21 Å². The summed E-state index contributed by atoms with van der Waals surface area (Å²) in [7, 11) is 0. The van der Waals surface area contributed by atoms with Crippen LogP contribution in [-0.4, -0.2) is 25.3 Å². The molecule has 1 aliphatic heterocycles. The molecule has 0 spiro atoms. The third-order valence-electron chi connectivity index (χ3n) is 2.83. The van der Waals surface area contributed by atoms with Gasteiger partial charge < -0.3 is 16.0 Å². The molecule has 0 aromatic heterocycles. The SMILES string of the molecule is C=Cc1cc(C)cc(C=N)c1N1CCN=C1N. The Bertz CT molecular complexity index is 473. The van der Waals surface area contributed by atoms with Crippen LogP contribution in [0.25, 0.3) is 6.08 Å². The van der Waals surface area contributed by atoms with Crippen LogP contribution in [0.5, 0.6) is 0 Å². The highest BCUT2D eigenvalue weighted by Gasteiger charge is 2.20. The van der Waals surface area contributed by atoms with Crippen LogP contribution in [0.1, 0.15) is 16.7 Å². The van der Waals surface area contributed by atoms with Crippen LogP contribution < -0.4 is 10.6 Å². The Morgan fingerprint density at radius 3 is 2.71 bits per heavy atom. The van der Waals surface area contributed by atoms with Crippen molar-refractivity contribution < 1.29 is 0 Å². The van der Waals surface area contributed by atoms with Crippen molar-refractivity contribution in [2.24, 2.45) is 10.7 Å². The first-order chi connectivity index (χ1) is 8.17. The number of benzene rings is 1. The van der Waals surface area contributed by atoms with Crippen molar-refractivity contribution in [1.29, 1.82) is 5.41 Å². The highest BCUT2D eigenvalue weighted by molar-refractivity contribution is 6.03. The van der Waals surface area contributed by atoms with Gasteiger partial charge in [0.2, 0.25) is 0 Å². The number of hydrogen-bond donors (Lipinski definition) is 2. The van der Waals surface area contributed by atoms with Crippen LogP contribution in [-0.2, 0) is 0 Å². The molecule has 0 saturated carbocycles. The standard InChI is InChI=1S/C13H16N4/c1-3-10-6-9(2)7-11(8-14)12(10)17-5-4-16-13(17)15/h3,6-8,14H,1,4-5H2,2H3,(H2,15,16). The monoisotopic (exact) mass is 228 g/mol. The molecule has 2 rings (SSSR count). The molecule has 88 valence electrons. The average molecular weight is 228 g/mol. The predicted octanol–water partition coefficient (Wildman–Crippen LogP) is 1.77. The minimum Gasteiger partial charge on any atom is -0.370 e. The molecule has 1 aliphatic rings. The van der Waals surface area contributed by atoms with Crippen LogP contribution in [0.4, 0.5) is 5.69 Å². The number of nitrogens with two attached hydrogens (primary N) is 1. The molecule has 1 aromatic carbocycles. The van der Waals surface area contributed by atoms with Crippen molar-refractivity contribution in [2.45, 2.75) is 6.92 Å². The van der Waals surface area contributed by atoms with Gasteiger partial charge in [-0.2, -0.15) is 0 Å². The number of nitrogens with one attached hydrogen (secondary N) is 1. The van der Waals surface area contributed by atoms with E-state index in [1.54, 1.807) is 6.08 Å². The van der Waals surface area contributed by atoms with Crippen molar-refractivity contribution in [1.82, 2.24) is 0 Å². The maximum absolute atomic E-state index is 7.52. The Morgan fingerprint density at radius 2 is 2.18 bits per heavy atom. The summed E-state index contributed by atoms with van der Waals surface area (Å²) in [6, 6.07) is 4.02. The normalized spacial score (nSPS) is 14.6. The summed E-state index contributed by atoms with van der Waals surface area (Å²) in [4.78, 5) is 6.12. The van der Waals surface area contributed by atoms with Crippen molar-refractivity contribution in [3.8, 4) is 0 Å². The molecular formula is C13H16N4. The van der Waals surface area contributed by atoms with Crippen molar-refractivity contribution in [3.05, 3.63) is 35.4 Å². The van der Waals surface area contributed by atoms with Gasteiger partial charge >= 0.3 is 0 Å². The molecule has 0 amide bonds. The minimum atomic E-state index is 0.514. The third kappa shape index (κ3) is 1.93. The fourth-order valence-electron chi connectivity index (χ4n) is 2.10. The highest BCUT2D eigenvalue weighted by Crippen LogP contribution is 2.28. The lowest BCUT2D eigenvalue weighted by molar-refractivity contribution is 1.02. The smallest absolute Gasteiger partial charge is 0.195 e. The number of aryl methyl sites for hydroxylation is 1. The summed E-state index contributed by atoms with van der Waals surface area (Å²) in [5.41, 5.74) is 9.74. The maximum atomic E-state index is 7.52. The summed E-state index contributed by atoms with van der Waals surface area (Å²) in [6.07, 6.45) is 3.14. The lowest BCUT2D eigenvalue weighted by Crippen LogP contribution is -2.35. The minimum absolute atomic E-state index is 0.514. The number of anilines is 1. The molecule has 0 bridgehead atoms. The molecular weight excluding hydrogens is 212 g/mol. The molecule has 1 heterocycles. The molecule has 3 N–H and O–H groups in total. The molecule has 0 radical (unpaired) electrons. The van der Waals surface area contributed by atoms with E-state index in [0.717, 1.165) is 28.9 Å². The van der Waals surface area contributed by atoms with Crippen molar-refractivity contribution in [2.75, 3.05) is 18.0 Å². The molecule has 4 heteroatoms. The summed E-state index contributed by atoms with van der Waals surface area (Å²) < 4.78 is 0. The predicted molar refractivity (Wildman–Crippen MR) is 73.0 cm³/mol. The Kier molecular flexibility index (Phi) is 2.95. The molecule has 0 fully saturated rings. The van der Waals surface area contributed by atoms with E-state index >= 15 is 0 Å². The Balaban J connectivity index is 2.61. The molecule has 0 unspecified atom stereocenters.